The summed E-state index contributed by atoms with van der Waals surface area (Å²) in [6, 6.07) is 0. The molecule has 4 nitrogen and oxygen atoms in total. The van der Waals surface area contributed by atoms with E-state index < -0.39 is 6.16 Å². The monoisotopic (exact) mass is 315 g/mol. The number of hydrogen-bond donors (Lipinski definition) is 2. The van der Waals surface area contributed by atoms with Gasteiger partial charge in [0.05, 0.1) is 0 Å². The molecule has 0 atom stereocenters. The van der Waals surface area contributed by atoms with Gasteiger partial charge >= 0.3 is 6.16 Å². The average Bonchev–Trinajstić information content (AvgIpc) is 1.38. The molecule has 0 spiro atoms. The Morgan fingerprint density at radius 3 is 2.00 bits per heavy atom. The number of nitrogens with two attached hydrogens (primary N) is 1. The van der Waals surface area contributed by atoms with Gasteiger partial charge in [0.1, 0.15) is 0 Å². The fraction of sp³-hybridized carbons (Fsp3) is 0. The molecule has 0 aromatic rings. The maximum absolute atomic E-state index is 9.02. The molecule has 0 amide bonds. The zero-order valence-electron chi connectivity index (χ0n) is 2.84. The Morgan fingerprint density at radius 1 is 1.83 bits per heavy atom. The predicted octanol–water partition coefficient (Wildman–Crippen LogP) is -0.445. The quantitative estimate of drug-likeness (QED) is 0.594. The van der Waals surface area contributed by atoms with E-state index in [2.05, 4.69) is 10.7 Å². The van der Waals surface area contributed by atoms with Crippen LogP contribution in [-0.4, -0.2) is 11.3 Å². The summed E-state index contributed by atoms with van der Waals surface area (Å²) in [5.41, 5.74) is 0. The summed E-state index contributed by atoms with van der Waals surface area (Å²) in [7, 11) is 0. The molecule has 0 aromatic carbocycles. The molecule has 3 N–H and O–H groups in total. The molecule has 0 fully saturated rings. The van der Waals surface area contributed by atoms with Crippen molar-refractivity contribution in [3.8, 4) is 0 Å². The minimum absolute atomic E-state index is 0. The minimum atomic E-state index is -1.47. The van der Waals surface area contributed by atoms with Gasteiger partial charge in [0.25, 0.3) is 0 Å². The normalized spacial score (nSPS) is 5.50. The predicted molar refractivity (Wildman–Crippen MR) is 13.3 cm³/mol. The van der Waals surface area contributed by atoms with E-state index in [-0.39, 0.29) is 31.1 Å². The number of carbonyl (C=O) groups is 1. The van der Waals surface area contributed by atoms with E-state index >= 15 is 0 Å². The molecule has 0 unspecified atom stereocenters. The minimum Gasteiger partial charge on any atom is -0.448 e. The Balaban J connectivity index is 0. The van der Waals surface area contributed by atoms with Gasteiger partial charge in [0, 0.05) is 31.1 Å². The van der Waals surface area contributed by atoms with Crippen molar-refractivity contribution < 1.29 is 45.9 Å². The van der Waals surface area contributed by atoms with Gasteiger partial charge in [-0.1, -0.05) is 0 Å². The van der Waals surface area contributed by atoms with Crippen LogP contribution < -0.4 is 5.90 Å². The van der Waals surface area contributed by atoms with Crippen LogP contribution in [-0.2, 0) is 4.84 Å². The van der Waals surface area contributed by atoms with Crippen molar-refractivity contribution in [1.29, 1.82) is 0 Å². The topological polar surface area (TPSA) is 72.5 Å². The first-order chi connectivity index (χ1) is 2.27. The first-order valence-corrected chi connectivity index (χ1v) is 0.868. The first kappa shape index (κ1) is 9.56. The maximum atomic E-state index is 9.02. The fourth-order valence-corrected chi connectivity index (χ4v) is 0. The molecule has 0 saturated carbocycles. The van der Waals surface area contributed by atoms with Gasteiger partial charge in [-0.3, -0.25) is 0 Å². The van der Waals surface area contributed by atoms with Crippen molar-refractivity contribution in [2.45, 2.75) is 0 Å². The Kier molecular flexibility index (Phi) is 8.41. The molecule has 6 heavy (non-hydrogen) atoms. The van der Waals surface area contributed by atoms with Crippen LogP contribution in [0.1, 0.15) is 0 Å². The van der Waals surface area contributed by atoms with Crippen LogP contribution in [0.25, 0.3) is 0 Å². The summed E-state index contributed by atoms with van der Waals surface area (Å²) in [5.74, 6) is 4.07. The molecule has 0 aliphatic carbocycles. The molecule has 0 heterocycles. The second-order valence-corrected chi connectivity index (χ2v) is 0.384. The molecular weight excluding hydrogens is 312 g/mol. The van der Waals surface area contributed by atoms with Crippen LogP contribution in [0.4, 0.5) is 4.79 Å². The van der Waals surface area contributed by atoms with E-state index in [1.807, 2.05) is 0 Å². The zero-order valence-corrected chi connectivity index (χ0v) is 7.00. The van der Waals surface area contributed by atoms with Gasteiger partial charge in [-0.25, -0.2) is 4.79 Å². The summed E-state index contributed by atoms with van der Waals surface area (Å²) in [6.45, 7) is 0. The number of rotatable bonds is 0. The molecular formula is CH3NO3U. The number of hydrogen-bond acceptors (Lipinski definition) is 3. The third-order valence-corrected chi connectivity index (χ3v) is 0.101. The van der Waals surface area contributed by atoms with Crippen molar-refractivity contribution in [1.82, 2.24) is 0 Å². The van der Waals surface area contributed by atoms with Gasteiger partial charge in [-0.05, 0) is 0 Å². The van der Waals surface area contributed by atoms with E-state index in [4.69, 9.17) is 9.90 Å². The van der Waals surface area contributed by atoms with Crippen molar-refractivity contribution in [3.63, 3.8) is 0 Å². The van der Waals surface area contributed by atoms with Gasteiger partial charge in [0.15, 0.2) is 0 Å². The smallest absolute Gasteiger partial charge is 0.448 e. The van der Waals surface area contributed by atoms with Crippen molar-refractivity contribution >= 4 is 6.16 Å². The fourth-order valence-electron chi connectivity index (χ4n) is 0. The molecule has 0 bridgehead atoms. The van der Waals surface area contributed by atoms with E-state index in [1.165, 1.54) is 0 Å². The van der Waals surface area contributed by atoms with E-state index in [1.54, 1.807) is 0 Å². The SMILES string of the molecule is NOC(=O)O.[U]. The number of carboxylic acid groups (broad SMARTS) is 1. The molecule has 0 aliphatic heterocycles. The van der Waals surface area contributed by atoms with Crippen molar-refractivity contribution in [2.75, 3.05) is 0 Å². The van der Waals surface area contributed by atoms with E-state index in [0.29, 0.717) is 0 Å². The van der Waals surface area contributed by atoms with Crippen LogP contribution in [0, 0.1) is 31.1 Å². The Labute approximate surface area is 58.0 Å². The second-order valence-electron chi connectivity index (χ2n) is 0.384. The van der Waals surface area contributed by atoms with Gasteiger partial charge in [-0.15, -0.1) is 0 Å². The largest absolute Gasteiger partial charge is 0.524 e. The Hall–Kier alpha value is 0.282. The summed E-state index contributed by atoms with van der Waals surface area (Å²) in [6.07, 6.45) is -1.47. The molecule has 0 saturated heterocycles. The molecule has 0 rings (SSSR count). The Morgan fingerprint density at radius 2 is 2.00 bits per heavy atom. The first-order valence-electron chi connectivity index (χ1n) is 0.868. The summed E-state index contributed by atoms with van der Waals surface area (Å²) in [4.78, 5) is 12.2. The standard InChI is InChI=1S/CH3NO3.U/c2-5-1(3)4;/h2H2,(H,3,4);. The molecule has 0 aromatic heterocycles. The van der Waals surface area contributed by atoms with Crippen LogP contribution >= 0.6 is 0 Å². The van der Waals surface area contributed by atoms with Crippen LogP contribution in [0.5, 0.6) is 0 Å². The molecule has 0 aliphatic rings. The average molecular weight is 315 g/mol. The molecule has 34 valence electrons. The van der Waals surface area contributed by atoms with Gasteiger partial charge in [-0.2, -0.15) is 5.90 Å². The summed E-state index contributed by atoms with van der Waals surface area (Å²) < 4.78 is 0. The summed E-state index contributed by atoms with van der Waals surface area (Å²) in [5, 5.41) is 7.38. The second kappa shape index (κ2) is 5.28. The van der Waals surface area contributed by atoms with Crippen LogP contribution in [0.2, 0.25) is 0 Å². The Bertz CT molecular complexity index is 46.1. The third kappa shape index (κ3) is 8.86. The summed E-state index contributed by atoms with van der Waals surface area (Å²) >= 11 is 0. The zero-order chi connectivity index (χ0) is 4.28. The van der Waals surface area contributed by atoms with Crippen LogP contribution in [0.15, 0.2) is 0 Å². The third-order valence-electron chi connectivity index (χ3n) is 0.101. The van der Waals surface area contributed by atoms with Gasteiger partial charge < -0.3 is 9.94 Å². The van der Waals surface area contributed by atoms with Crippen LogP contribution in [0.3, 0.4) is 0 Å². The van der Waals surface area contributed by atoms with E-state index in [0.717, 1.165) is 0 Å². The van der Waals surface area contributed by atoms with Crippen molar-refractivity contribution in [3.05, 3.63) is 0 Å². The van der Waals surface area contributed by atoms with Crippen molar-refractivity contribution in [2.24, 2.45) is 5.90 Å². The maximum Gasteiger partial charge on any atom is 0.524 e. The van der Waals surface area contributed by atoms with E-state index in [9.17, 15) is 0 Å². The molecule has 5 heteroatoms. The van der Waals surface area contributed by atoms with Gasteiger partial charge in [0.2, 0.25) is 0 Å². The molecule has 0 radical (unpaired) electrons.